The van der Waals surface area contributed by atoms with E-state index in [2.05, 4.69) is 43.0 Å². The van der Waals surface area contributed by atoms with Crippen molar-refractivity contribution < 1.29 is 18.9 Å². The first-order valence-electron chi connectivity index (χ1n) is 13.0. The van der Waals surface area contributed by atoms with E-state index in [1.54, 1.807) is 0 Å². The topological polar surface area (TPSA) is 58.7 Å². The monoisotopic (exact) mass is 487 g/mol. The van der Waals surface area contributed by atoms with E-state index < -0.39 is 5.66 Å². The molecule has 0 bridgehead atoms. The largest absolute Gasteiger partial charge is 0.458 e. The zero-order chi connectivity index (χ0) is 25.3. The quantitative estimate of drug-likeness (QED) is 0.333. The van der Waals surface area contributed by atoms with Crippen LogP contribution in [0.2, 0.25) is 0 Å². The van der Waals surface area contributed by atoms with Crippen LogP contribution in [0.3, 0.4) is 0 Å². The molecular weight excluding hydrogens is 452 g/mol. The molecule has 7 heteroatoms. The Balaban J connectivity index is 1.46. The number of hydrogen-bond acceptors (Lipinski definition) is 4. The Morgan fingerprint density at radius 3 is 2.58 bits per heavy atom. The molecule has 0 radical (unpaired) electrons. The Labute approximate surface area is 212 Å². The maximum absolute atomic E-state index is 13.3. The van der Waals surface area contributed by atoms with Gasteiger partial charge in [-0.3, -0.25) is 9.69 Å². The average Bonchev–Trinajstić information content (AvgIpc) is 3.55. The summed E-state index contributed by atoms with van der Waals surface area (Å²) in [6, 6.07) is 14.3. The molecule has 2 aliphatic heterocycles. The second kappa shape index (κ2) is 9.80. The number of fused-ring (bicyclic) bond motifs is 3. The molecule has 1 fully saturated rings. The number of esters is 1. The fourth-order valence-electron chi connectivity index (χ4n) is 5.58. The van der Waals surface area contributed by atoms with Crippen molar-refractivity contribution in [2.24, 2.45) is 7.05 Å². The lowest BCUT2D eigenvalue weighted by Crippen LogP contribution is -2.52. The third-order valence-corrected chi connectivity index (χ3v) is 7.46. The van der Waals surface area contributed by atoms with Crippen LogP contribution in [0.25, 0.3) is 0 Å². The predicted molar refractivity (Wildman–Crippen MR) is 139 cm³/mol. The minimum Gasteiger partial charge on any atom is -0.458 e. The maximum Gasteiger partial charge on any atom is 0.338 e. The number of unbranched alkanes of at least 4 members (excludes halogenated alkanes) is 1. The normalized spacial score (nSPS) is 18.5. The van der Waals surface area contributed by atoms with Crippen LogP contribution in [0.1, 0.15) is 61.0 Å². The van der Waals surface area contributed by atoms with E-state index in [9.17, 15) is 9.59 Å². The summed E-state index contributed by atoms with van der Waals surface area (Å²) in [5, 5.41) is 0. The van der Waals surface area contributed by atoms with Crippen LogP contribution in [0, 0.1) is 0 Å². The SMILES string of the molecule is CCCCN1c2ccc(C(=O)OCCn3cc[n+](C)c3)cc2N2C(=O)CCC12c1ccc(CC)cc1. The standard InChI is InChI=1S/C29H35N4O3/c1-4-6-15-32-25-12-9-23(28(35)36-19-18-31-17-16-30(3)21-31)20-26(25)33-27(34)13-14-29(32,33)24-10-7-22(5-2)8-11-24/h7-12,16-17,20-21H,4-6,13-15,18-19H2,1-3H3/q+1. The lowest BCUT2D eigenvalue weighted by Gasteiger charge is -2.41. The molecular formula is C29H35N4O3+. The number of nitrogens with zero attached hydrogens (tertiary/aromatic N) is 4. The molecule has 2 aliphatic rings. The number of aryl methyl sites for hydroxylation is 2. The zero-order valence-electron chi connectivity index (χ0n) is 21.4. The molecule has 1 amide bonds. The lowest BCUT2D eigenvalue weighted by atomic mass is 9.93. The van der Waals surface area contributed by atoms with Crippen LogP contribution >= 0.6 is 0 Å². The van der Waals surface area contributed by atoms with Gasteiger partial charge in [0.25, 0.3) is 0 Å². The molecule has 1 saturated heterocycles. The molecule has 0 spiro atoms. The summed E-state index contributed by atoms with van der Waals surface area (Å²) in [6.45, 7) is 6.05. The van der Waals surface area contributed by atoms with Gasteiger partial charge in [-0.25, -0.2) is 13.9 Å². The molecule has 7 nitrogen and oxygen atoms in total. The van der Waals surface area contributed by atoms with E-state index in [4.69, 9.17) is 4.74 Å². The number of anilines is 2. The van der Waals surface area contributed by atoms with Crippen molar-refractivity contribution in [1.82, 2.24) is 4.57 Å². The highest BCUT2D eigenvalue weighted by atomic mass is 16.5. The lowest BCUT2D eigenvalue weighted by molar-refractivity contribution is -0.671. The van der Waals surface area contributed by atoms with E-state index in [0.29, 0.717) is 18.5 Å². The molecule has 0 aliphatic carbocycles. The van der Waals surface area contributed by atoms with Gasteiger partial charge >= 0.3 is 5.97 Å². The number of imidazole rings is 1. The van der Waals surface area contributed by atoms with E-state index in [0.717, 1.165) is 49.2 Å². The second-order valence-corrected chi connectivity index (χ2v) is 9.76. The molecule has 3 aromatic rings. The summed E-state index contributed by atoms with van der Waals surface area (Å²) in [4.78, 5) is 30.6. The van der Waals surface area contributed by atoms with Gasteiger partial charge in [-0.2, -0.15) is 0 Å². The van der Waals surface area contributed by atoms with Gasteiger partial charge in [-0.05, 0) is 42.2 Å². The molecule has 36 heavy (non-hydrogen) atoms. The second-order valence-electron chi connectivity index (χ2n) is 9.76. The summed E-state index contributed by atoms with van der Waals surface area (Å²) in [5.41, 5.74) is 4.14. The van der Waals surface area contributed by atoms with Gasteiger partial charge in [-0.1, -0.05) is 44.5 Å². The van der Waals surface area contributed by atoms with Gasteiger partial charge in [0.05, 0.1) is 24.0 Å². The number of carbonyl (C=O) groups excluding carboxylic acids is 2. The van der Waals surface area contributed by atoms with Gasteiger partial charge in [0.15, 0.2) is 0 Å². The molecule has 0 N–H and O–H groups in total. The van der Waals surface area contributed by atoms with Gasteiger partial charge in [0, 0.05) is 19.4 Å². The number of hydrogen-bond donors (Lipinski definition) is 0. The Morgan fingerprint density at radius 2 is 1.89 bits per heavy atom. The molecule has 0 saturated carbocycles. The molecule has 1 unspecified atom stereocenters. The summed E-state index contributed by atoms with van der Waals surface area (Å²) < 4.78 is 9.50. The summed E-state index contributed by atoms with van der Waals surface area (Å²) >= 11 is 0. The summed E-state index contributed by atoms with van der Waals surface area (Å²) in [5.74, 6) is -0.272. The van der Waals surface area contributed by atoms with Gasteiger partial charge in [0.2, 0.25) is 12.2 Å². The third-order valence-electron chi connectivity index (χ3n) is 7.46. The minimum atomic E-state index is -0.548. The number of amides is 1. The van der Waals surface area contributed by atoms with Crippen molar-refractivity contribution in [3.63, 3.8) is 0 Å². The van der Waals surface area contributed by atoms with Crippen LogP contribution in [-0.2, 0) is 35.2 Å². The summed E-state index contributed by atoms with van der Waals surface area (Å²) in [7, 11) is 1.95. The first-order chi connectivity index (χ1) is 17.5. The van der Waals surface area contributed by atoms with E-state index in [-0.39, 0.29) is 18.5 Å². The fourth-order valence-corrected chi connectivity index (χ4v) is 5.58. The highest BCUT2D eigenvalue weighted by Gasteiger charge is 2.57. The molecule has 188 valence electrons. The van der Waals surface area contributed by atoms with Gasteiger partial charge in [-0.15, -0.1) is 0 Å². The smallest absolute Gasteiger partial charge is 0.338 e. The molecule has 3 heterocycles. The molecule has 5 rings (SSSR count). The van der Waals surface area contributed by atoms with E-state index in [1.165, 1.54) is 5.56 Å². The van der Waals surface area contributed by atoms with E-state index >= 15 is 0 Å². The number of rotatable bonds is 9. The third kappa shape index (κ3) is 4.06. The van der Waals surface area contributed by atoms with Crippen molar-refractivity contribution in [2.75, 3.05) is 23.0 Å². The first-order valence-corrected chi connectivity index (χ1v) is 13.0. The van der Waals surface area contributed by atoms with Crippen LogP contribution in [0.15, 0.2) is 61.2 Å². The van der Waals surface area contributed by atoms with Crippen molar-refractivity contribution in [2.45, 2.75) is 58.2 Å². The fraction of sp³-hybridized carbons (Fsp3) is 0.414. The Morgan fingerprint density at radius 1 is 1.08 bits per heavy atom. The van der Waals surface area contributed by atoms with Crippen LogP contribution in [0.4, 0.5) is 11.4 Å². The number of ether oxygens (including phenoxy) is 1. The van der Waals surface area contributed by atoms with Crippen LogP contribution in [-0.4, -0.2) is 29.6 Å². The van der Waals surface area contributed by atoms with Crippen molar-refractivity contribution in [3.05, 3.63) is 77.9 Å². The first kappa shape index (κ1) is 24.1. The summed E-state index contributed by atoms with van der Waals surface area (Å²) in [6.07, 6.45) is 10.1. The Bertz CT molecular complexity index is 1270. The maximum atomic E-state index is 13.3. The highest BCUT2D eigenvalue weighted by molar-refractivity contribution is 6.06. The zero-order valence-corrected chi connectivity index (χ0v) is 21.4. The average molecular weight is 488 g/mol. The van der Waals surface area contributed by atoms with E-state index in [1.807, 2.05) is 58.0 Å². The van der Waals surface area contributed by atoms with Crippen molar-refractivity contribution in [1.29, 1.82) is 0 Å². The van der Waals surface area contributed by atoms with Crippen LogP contribution in [0.5, 0.6) is 0 Å². The highest BCUT2D eigenvalue weighted by Crippen LogP contribution is 2.56. The van der Waals surface area contributed by atoms with Gasteiger partial charge < -0.3 is 9.64 Å². The van der Waals surface area contributed by atoms with Crippen molar-refractivity contribution >= 4 is 23.3 Å². The van der Waals surface area contributed by atoms with Crippen LogP contribution < -0.4 is 14.4 Å². The minimum absolute atomic E-state index is 0.0980. The number of benzene rings is 2. The Hall–Kier alpha value is -3.61. The Kier molecular flexibility index (Phi) is 6.56. The van der Waals surface area contributed by atoms with Gasteiger partial charge in [0.1, 0.15) is 31.2 Å². The van der Waals surface area contributed by atoms with Crippen molar-refractivity contribution in [3.8, 4) is 0 Å². The molecule has 2 aromatic carbocycles. The molecule has 1 aromatic heterocycles. The number of carbonyl (C=O) groups is 2. The predicted octanol–water partition coefficient (Wildman–Crippen LogP) is 4.33. The number of aromatic nitrogens is 2. The molecule has 1 atom stereocenters.